The first kappa shape index (κ1) is 17.3. The largest absolute Gasteiger partial charge is 2.00 e. The molecule has 4 nitrogen and oxygen atoms in total. The summed E-state index contributed by atoms with van der Waals surface area (Å²) in [7, 11) is 3.55. The Morgan fingerprint density at radius 1 is 0.684 bits per heavy atom. The van der Waals surface area contributed by atoms with E-state index in [0.29, 0.717) is 11.5 Å². The maximum atomic E-state index is 9.05. The summed E-state index contributed by atoms with van der Waals surface area (Å²) in [6, 6.07) is 14.2. The van der Waals surface area contributed by atoms with Gasteiger partial charge in [-0.1, -0.05) is 24.3 Å². The molecule has 4 N–H and O–H groups in total. The predicted molar refractivity (Wildman–Crippen MR) is 75.3 cm³/mol. The number of nitrogens with one attached hydrogen (secondary N) is 2. The molecule has 2 aromatic carbocycles. The molecule has 5 heteroatoms. The normalized spacial score (nSPS) is 8.53. The fourth-order valence-electron chi connectivity index (χ4n) is 1.37. The molecule has 0 amide bonds. The summed E-state index contributed by atoms with van der Waals surface area (Å²) in [6.07, 6.45) is 0. The van der Waals surface area contributed by atoms with Crippen LogP contribution in [0.15, 0.2) is 48.5 Å². The van der Waals surface area contributed by atoms with Crippen LogP contribution in [0.1, 0.15) is 0 Å². The van der Waals surface area contributed by atoms with Crippen LogP contribution in [-0.2, 0) is 19.5 Å². The molecule has 0 saturated heterocycles. The van der Waals surface area contributed by atoms with Crippen molar-refractivity contribution < 1.29 is 29.7 Å². The van der Waals surface area contributed by atoms with Crippen LogP contribution in [0.25, 0.3) is 0 Å². The summed E-state index contributed by atoms with van der Waals surface area (Å²) in [5, 5.41) is 23.8. The van der Waals surface area contributed by atoms with Crippen molar-refractivity contribution in [2.24, 2.45) is 0 Å². The Balaban J connectivity index is 0.000000324. The van der Waals surface area contributed by atoms with Crippen molar-refractivity contribution in [3.05, 3.63) is 48.5 Å². The molecule has 96 valence electrons. The minimum absolute atomic E-state index is 0. The molecule has 0 heterocycles. The summed E-state index contributed by atoms with van der Waals surface area (Å²) in [5.74, 6) is 0.583. The van der Waals surface area contributed by atoms with Gasteiger partial charge in [0.2, 0.25) is 0 Å². The molecule has 0 saturated carbocycles. The van der Waals surface area contributed by atoms with Gasteiger partial charge in [0.1, 0.15) is 11.5 Å². The van der Waals surface area contributed by atoms with Gasteiger partial charge in [0, 0.05) is 14.1 Å². The third kappa shape index (κ3) is 5.62. The second kappa shape index (κ2) is 9.23. The van der Waals surface area contributed by atoms with Gasteiger partial charge in [0.15, 0.2) is 0 Å². The Morgan fingerprint density at radius 3 is 1.21 bits per heavy atom. The van der Waals surface area contributed by atoms with E-state index >= 15 is 0 Å². The van der Waals surface area contributed by atoms with Crippen LogP contribution in [-0.4, -0.2) is 24.3 Å². The molecular formula is C14H18N2O2Zn+2. The quantitative estimate of drug-likeness (QED) is 0.509. The third-order valence-electron chi connectivity index (χ3n) is 2.35. The first-order chi connectivity index (χ1) is 8.69. The Bertz CT molecular complexity index is 447. The number of para-hydroxylation sites is 4. The Kier molecular flexibility index (Phi) is 8.38. The van der Waals surface area contributed by atoms with E-state index in [4.69, 9.17) is 10.2 Å². The minimum Gasteiger partial charge on any atom is -0.506 e. The van der Waals surface area contributed by atoms with E-state index in [1.54, 1.807) is 38.4 Å². The van der Waals surface area contributed by atoms with Crippen molar-refractivity contribution in [1.29, 1.82) is 0 Å². The SMILES string of the molecule is CNc1ccccc1O.CNc1ccccc1O.[Zn+2]. The second-order valence-corrected chi connectivity index (χ2v) is 3.53. The zero-order valence-electron chi connectivity index (χ0n) is 11.2. The Hall–Kier alpha value is -1.74. The van der Waals surface area contributed by atoms with Crippen LogP contribution in [0.2, 0.25) is 0 Å². The topological polar surface area (TPSA) is 64.5 Å². The third-order valence-corrected chi connectivity index (χ3v) is 2.35. The number of hydrogen-bond acceptors (Lipinski definition) is 4. The molecule has 2 aromatic rings. The molecule has 2 rings (SSSR count). The number of phenolic OH excluding ortho intramolecular Hbond substituents is 2. The van der Waals surface area contributed by atoms with Crippen molar-refractivity contribution >= 4 is 11.4 Å². The van der Waals surface area contributed by atoms with E-state index in [0.717, 1.165) is 11.4 Å². The molecule has 0 aliphatic carbocycles. The van der Waals surface area contributed by atoms with Gasteiger partial charge in [-0.2, -0.15) is 0 Å². The zero-order valence-corrected chi connectivity index (χ0v) is 14.2. The molecule has 0 aliphatic rings. The monoisotopic (exact) mass is 310 g/mol. The van der Waals surface area contributed by atoms with Gasteiger partial charge < -0.3 is 20.8 Å². The smallest absolute Gasteiger partial charge is 0.506 e. The van der Waals surface area contributed by atoms with Crippen LogP contribution >= 0.6 is 0 Å². The number of phenols is 2. The van der Waals surface area contributed by atoms with Gasteiger partial charge in [-0.15, -0.1) is 0 Å². The molecule has 19 heavy (non-hydrogen) atoms. The summed E-state index contributed by atoms with van der Waals surface area (Å²) < 4.78 is 0. The van der Waals surface area contributed by atoms with E-state index in [9.17, 15) is 0 Å². The zero-order chi connectivity index (χ0) is 13.4. The molecule has 0 fully saturated rings. The van der Waals surface area contributed by atoms with Crippen LogP contribution < -0.4 is 10.6 Å². The van der Waals surface area contributed by atoms with Crippen molar-refractivity contribution in [3.8, 4) is 11.5 Å². The molecule has 0 unspecified atom stereocenters. The van der Waals surface area contributed by atoms with E-state index in [2.05, 4.69) is 10.6 Å². The van der Waals surface area contributed by atoms with Crippen molar-refractivity contribution in [1.82, 2.24) is 0 Å². The fraction of sp³-hybridized carbons (Fsp3) is 0.143. The van der Waals surface area contributed by atoms with E-state index in [-0.39, 0.29) is 19.5 Å². The van der Waals surface area contributed by atoms with E-state index in [1.807, 2.05) is 24.3 Å². The van der Waals surface area contributed by atoms with Crippen molar-refractivity contribution in [3.63, 3.8) is 0 Å². The number of rotatable bonds is 2. The van der Waals surface area contributed by atoms with Gasteiger partial charge in [0.05, 0.1) is 11.4 Å². The summed E-state index contributed by atoms with van der Waals surface area (Å²) >= 11 is 0. The van der Waals surface area contributed by atoms with E-state index in [1.165, 1.54) is 0 Å². The van der Waals surface area contributed by atoms with Crippen LogP contribution in [0.3, 0.4) is 0 Å². The first-order valence-electron chi connectivity index (χ1n) is 5.60. The van der Waals surface area contributed by atoms with Crippen molar-refractivity contribution in [2.45, 2.75) is 0 Å². The fourth-order valence-corrected chi connectivity index (χ4v) is 1.37. The number of aromatic hydroxyl groups is 2. The first-order valence-corrected chi connectivity index (χ1v) is 5.60. The number of benzene rings is 2. The van der Waals surface area contributed by atoms with Crippen molar-refractivity contribution in [2.75, 3.05) is 24.7 Å². The minimum atomic E-state index is 0. The van der Waals surface area contributed by atoms with Crippen LogP contribution in [0.5, 0.6) is 11.5 Å². The summed E-state index contributed by atoms with van der Waals surface area (Å²) in [5.41, 5.74) is 1.52. The molecule has 0 aromatic heterocycles. The van der Waals surface area contributed by atoms with Gasteiger partial charge in [-0.25, -0.2) is 0 Å². The van der Waals surface area contributed by atoms with Gasteiger partial charge in [-0.3, -0.25) is 0 Å². The second-order valence-electron chi connectivity index (χ2n) is 3.53. The number of hydrogen-bond donors (Lipinski definition) is 4. The molecular weight excluding hydrogens is 294 g/mol. The molecule has 0 radical (unpaired) electrons. The average Bonchev–Trinajstić information content (AvgIpc) is 2.41. The summed E-state index contributed by atoms with van der Waals surface area (Å²) in [4.78, 5) is 0. The van der Waals surface area contributed by atoms with E-state index < -0.39 is 0 Å². The molecule has 0 bridgehead atoms. The Morgan fingerprint density at radius 2 is 1.00 bits per heavy atom. The van der Waals surface area contributed by atoms with Gasteiger partial charge in [-0.05, 0) is 24.3 Å². The van der Waals surface area contributed by atoms with Gasteiger partial charge in [0.25, 0.3) is 0 Å². The summed E-state index contributed by atoms with van der Waals surface area (Å²) in [6.45, 7) is 0. The molecule has 0 aliphatic heterocycles. The molecule has 0 spiro atoms. The average molecular weight is 312 g/mol. The Labute approximate surface area is 126 Å². The molecule has 0 atom stereocenters. The predicted octanol–water partition coefficient (Wildman–Crippen LogP) is 2.87. The maximum absolute atomic E-state index is 9.05. The van der Waals surface area contributed by atoms with Crippen LogP contribution in [0.4, 0.5) is 11.4 Å². The number of anilines is 2. The van der Waals surface area contributed by atoms with Gasteiger partial charge >= 0.3 is 19.5 Å². The van der Waals surface area contributed by atoms with Crippen LogP contribution in [0, 0.1) is 0 Å². The standard InChI is InChI=1S/2C7H9NO.Zn/c2*1-8-6-4-2-3-5-7(6)9;/h2*2-5,8-9H,1H3;/q;;+2. The maximum Gasteiger partial charge on any atom is 2.00 e.